The molecule has 6 atom stereocenters. The summed E-state index contributed by atoms with van der Waals surface area (Å²) >= 11 is 0. The van der Waals surface area contributed by atoms with Crippen molar-refractivity contribution in [2.24, 2.45) is 0 Å². The molecular weight excluding hydrogens is 1520 g/mol. The monoisotopic (exact) mass is 1660 g/mol. The predicted molar refractivity (Wildman–Crippen MR) is 476 cm³/mol. The number of likely N-dealkylation sites (tertiary alicyclic amines) is 2. The Kier molecular flexibility index (Phi) is 34.7. The summed E-state index contributed by atoms with van der Waals surface area (Å²) in [6.07, 6.45) is 10.5. The van der Waals surface area contributed by atoms with E-state index < -0.39 is 16.8 Å². The number of amides is 4. The molecule has 654 valence electrons. The minimum Gasteiger partial charge on any atom is -0.445 e. The van der Waals surface area contributed by atoms with Crippen LogP contribution < -0.4 is 26.2 Å². The van der Waals surface area contributed by atoms with E-state index in [1.54, 1.807) is 20.5 Å². The molecule has 5 aromatic carbocycles. The zero-order valence-corrected chi connectivity index (χ0v) is 73.5. The van der Waals surface area contributed by atoms with Crippen LogP contribution in [0, 0.1) is 11.3 Å². The first-order valence-electron chi connectivity index (χ1n) is 44.2. The maximum atomic E-state index is 12.4. The Bertz CT molecular complexity index is 4330. The Labute approximate surface area is 719 Å². The molecule has 0 aliphatic carbocycles. The van der Waals surface area contributed by atoms with Gasteiger partial charge in [0.1, 0.15) is 41.0 Å². The topological polar surface area (TPSA) is 247 Å². The Morgan fingerprint density at radius 1 is 0.479 bits per heavy atom. The minimum atomic E-state index is -0.460. The molecule has 8 saturated heterocycles. The van der Waals surface area contributed by atoms with E-state index in [9.17, 15) is 29.2 Å². The molecule has 15 rings (SSSR count). The number of fused-ring (bicyclic) bond motifs is 1. The van der Waals surface area contributed by atoms with E-state index in [0.29, 0.717) is 88.1 Å². The van der Waals surface area contributed by atoms with Gasteiger partial charge in [-0.25, -0.2) is 23.7 Å². The number of hydrogen-bond acceptors (Lipinski definition) is 20. The second kappa shape index (κ2) is 45.6. The number of anilines is 1. The summed E-state index contributed by atoms with van der Waals surface area (Å²) in [7, 11) is 0. The predicted octanol–water partition coefficient (Wildman–Crippen LogP) is 12.5. The average molecular weight is 1660 g/mol. The number of ether oxygens (including phenoxy) is 5. The molecule has 8 fully saturated rings. The number of carbonyl (C=O) groups is 5. The fourth-order valence-corrected chi connectivity index (χ4v) is 17.1. The standard InChI is InChI=1S/C30H39N7O.C21H33N3O2.C19H22N2O2.C16H24N2O2.C10H17NO3/c1-23-19-36(29-8-7-26(18-31)37-30(29)11-14-33-37)22-28(38-23)21-35-16-15-34(25-9-12-32-13-10-25)20-27(35)17-24-5-3-2-4-6-24;1-21(2,3)26-20(25)23-12-9-19(10-13-23)24-14-11-22-18(16-24)15-17-7-5-4-6-8-17;22-19(23-15-17-9-5-2-6-10-17)21-12-11-20-14-18(21)13-16-7-3-1-4-8-16;1-16(2,3)20-15(19)18-10-9-17-14(12-18)11-13-7-5-4-6-8-13;1-10(2,3)14-9(13)11-6-4-8(12)5-7-11/h2-8,11,14,23,25,27-28,32H,9-10,12-13,15-17,19-22H2,1H3;4-8,18-19,22H,9-16H2,1-3H3;1-10,18,20H,11-15H2;4-8,14,17H,9-12H2,1-3H3;4-7H2,1-3H3/t23-,27?,28+;;;;/m1..../s1. The van der Waals surface area contributed by atoms with Gasteiger partial charge >= 0.3 is 24.4 Å². The molecule has 121 heavy (non-hydrogen) atoms. The molecule has 8 aliphatic rings. The molecule has 4 N–H and O–H groups in total. The second-order valence-electron chi connectivity index (χ2n) is 36.2. The Hall–Kier alpha value is -9.49. The Morgan fingerprint density at radius 3 is 1.53 bits per heavy atom. The van der Waals surface area contributed by atoms with Crippen molar-refractivity contribution in [3.63, 3.8) is 0 Å². The van der Waals surface area contributed by atoms with Crippen molar-refractivity contribution in [1.82, 2.24) is 65.2 Å². The normalized spacial score (nSPS) is 21.9. The van der Waals surface area contributed by atoms with Crippen LogP contribution in [0.1, 0.15) is 141 Å². The van der Waals surface area contributed by atoms with Crippen molar-refractivity contribution in [2.45, 2.75) is 205 Å². The van der Waals surface area contributed by atoms with Crippen LogP contribution in [0.3, 0.4) is 0 Å². The van der Waals surface area contributed by atoms with E-state index >= 15 is 0 Å². The number of pyridine rings is 1. The number of carbonyl (C=O) groups excluding carboxylic acids is 5. The lowest BCUT2D eigenvalue weighted by atomic mass is 9.97. The van der Waals surface area contributed by atoms with Crippen LogP contribution >= 0.6 is 0 Å². The maximum absolute atomic E-state index is 12.4. The van der Waals surface area contributed by atoms with Gasteiger partial charge in [-0.2, -0.15) is 10.4 Å². The number of aromatic nitrogens is 2. The number of morpholine rings is 1. The molecular formula is C96H135N15O10. The number of piperidine rings is 3. The lowest BCUT2D eigenvalue weighted by Gasteiger charge is -2.47. The van der Waals surface area contributed by atoms with Gasteiger partial charge in [-0.15, -0.1) is 0 Å². The third-order valence-corrected chi connectivity index (χ3v) is 23.1. The van der Waals surface area contributed by atoms with Crippen molar-refractivity contribution in [1.29, 1.82) is 5.26 Å². The van der Waals surface area contributed by atoms with Gasteiger partial charge in [0.25, 0.3) is 0 Å². The Morgan fingerprint density at radius 2 is 0.975 bits per heavy atom. The van der Waals surface area contributed by atoms with Crippen LogP contribution in [0.15, 0.2) is 176 Å². The molecule has 25 nitrogen and oxygen atoms in total. The van der Waals surface area contributed by atoms with E-state index in [1.165, 1.54) is 35.1 Å². The number of nitrogens with one attached hydrogen (secondary N) is 4. The second-order valence-corrected chi connectivity index (χ2v) is 36.2. The van der Waals surface area contributed by atoms with Crippen LogP contribution in [-0.4, -0.2) is 277 Å². The third kappa shape index (κ3) is 30.2. The molecule has 25 heteroatoms. The largest absolute Gasteiger partial charge is 0.445 e. The van der Waals surface area contributed by atoms with Crippen molar-refractivity contribution < 1.29 is 47.7 Å². The van der Waals surface area contributed by atoms with E-state index in [0.717, 1.165) is 160 Å². The lowest BCUT2D eigenvalue weighted by molar-refractivity contribution is -0.121. The van der Waals surface area contributed by atoms with E-state index in [4.69, 9.17) is 23.7 Å². The van der Waals surface area contributed by atoms with Crippen molar-refractivity contribution in [3.8, 4) is 6.07 Å². The first-order valence-corrected chi connectivity index (χ1v) is 44.2. The van der Waals surface area contributed by atoms with Crippen LogP contribution in [0.4, 0.5) is 24.9 Å². The molecule has 4 unspecified atom stereocenters. The highest BCUT2D eigenvalue weighted by molar-refractivity contribution is 5.81. The summed E-state index contributed by atoms with van der Waals surface area (Å²) in [4.78, 5) is 76.8. The van der Waals surface area contributed by atoms with Gasteiger partial charge in [0, 0.05) is 167 Å². The molecule has 4 amide bonds. The quantitative estimate of drug-likeness (QED) is 0.0697. The van der Waals surface area contributed by atoms with E-state index in [-0.39, 0.29) is 48.4 Å². The molecule has 8 aliphatic heterocycles. The molecule has 0 spiro atoms. The summed E-state index contributed by atoms with van der Waals surface area (Å²) in [5, 5.41) is 27.9. The smallest absolute Gasteiger partial charge is 0.410 e. The van der Waals surface area contributed by atoms with Gasteiger partial charge in [-0.05, 0) is 180 Å². The van der Waals surface area contributed by atoms with Gasteiger partial charge in [0.05, 0.1) is 35.7 Å². The molecule has 0 bridgehead atoms. The SMILES string of the molecule is CC(C)(C)OC(=O)N1CCC(=O)CC1.CC(C)(C)OC(=O)N1CCC(N2CCNC(Cc3ccccc3)C2)CC1.CC(C)(C)OC(=O)N1CCNC(Cc2ccccc2)C1.C[C@@H]1CN(c2ccc(C#N)n3nccc23)C[C@H](CN2CCN(C3CCNCC3)CC2Cc2ccccc2)O1.O=C(OCc1ccccc1)N1CCNCC1Cc1ccccc1. The molecule has 0 saturated carbocycles. The first kappa shape index (κ1) is 92.2. The van der Waals surface area contributed by atoms with Gasteiger partial charge < -0.3 is 69.5 Å². The zero-order valence-electron chi connectivity index (χ0n) is 73.5. The van der Waals surface area contributed by atoms with Crippen LogP contribution in [0.5, 0.6) is 0 Å². The highest BCUT2D eigenvalue weighted by Gasteiger charge is 2.38. The highest BCUT2D eigenvalue weighted by atomic mass is 16.6. The zero-order chi connectivity index (χ0) is 85.7. The number of Topliss-reactive ketones (excluding diaryl/α,β-unsaturated/α-hetero) is 1. The van der Waals surface area contributed by atoms with Crippen LogP contribution in [-0.2, 0) is 60.8 Å². The summed E-state index contributed by atoms with van der Waals surface area (Å²) in [5.74, 6) is 0.227. The molecule has 10 heterocycles. The lowest BCUT2D eigenvalue weighted by Crippen LogP contribution is -2.60. The number of rotatable bonds is 15. The maximum Gasteiger partial charge on any atom is 0.410 e. The Balaban J connectivity index is 0.000000154. The number of benzene rings is 5. The molecule has 0 radical (unpaired) electrons. The van der Waals surface area contributed by atoms with Crippen molar-refractivity contribution in [3.05, 3.63) is 210 Å². The summed E-state index contributed by atoms with van der Waals surface area (Å²) in [6, 6.07) is 63.0. The number of piperazine rings is 4. The molecule has 2 aromatic heterocycles. The van der Waals surface area contributed by atoms with Crippen LogP contribution in [0.2, 0.25) is 0 Å². The summed E-state index contributed by atoms with van der Waals surface area (Å²) in [5.41, 5.74) is 7.69. The fourth-order valence-electron chi connectivity index (χ4n) is 17.1. The first-order chi connectivity index (χ1) is 58.2. The number of ketones is 1. The average Bonchev–Trinajstić information content (AvgIpc) is 1.23. The summed E-state index contributed by atoms with van der Waals surface area (Å²) < 4.78 is 29.9. The summed E-state index contributed by atoms with van der Waals surface area (Å²) in [6.45, 7) is 38.0. The number of nitriles is 1. The van der Waals surface area contributed by atoms with Crippen molar-refractivity contribution in [2.75, 3.05) is 142 Å². The van der Waals surface area contributed by atoms with E-state index in [1.807, 2.05) is 151 Å². The van der Waals surface area contributed by atoms with Gasteiger partial charge in [0.2, 0.25) is 0 Å². The van der Waals surface area contributed by atoms with Gasteiger partial charge in [-0.3, -0.25) is 19.5 Å². The van der Waals surface area contributed by atoms with Crippen molar-refractivity contribution >= 4 is 41.4 Å². The third-order valence-electron chi connectivity index (χ3n) is 23.1. The van der Waals surface area contributed by atoms with Gasteiger partial charge in [-0.1, -0.05) is 152 Å². The fraction of sp³-hybridized carbons (Fsp3) is 0.552. The van der Waals surface area contributed by atoms with Crippen LogP contribution in [0.25, 0.3) is 5.52 Å². The number of hydrogen-bond donors (Lipinski definition) is 4. The molecule has 7 aromatic rings. The van der Waals surface area contributed by atoms with E-state index in [2.05, 4.69) is 150 Å². The van der Waals surface area contributed by atoms with Gasteiger partial charge in [0.15, 0.2) is 0 Å². The minimum absolute atomic E-state index is 0.126. The highest BCUT2D eigenvalue weighted by Crippen LogP contribution is 2.30. The number of nitrogens with zero attached hydrogens (tertiary/aromatic N) is 11.